The lowest BCUT2D eigenvalue weighted by molar-refractivity contribution is 0.144. The predicted octanol–water partition coefficient (Wildman–Crippen LogP) is 5.79. The molecule has 0 saturated carbocycles. The normalized spacial score (nSPS) is 13.3. The molecule has 1 nitrogen and oxygen atoms in total. The molecule has 0 aliphatic carbocycles. The van der Waals surface area contributed by atoms with Gasteiger partial charge in [0.1, 0.15) is 0 Å². The van der Waals surface area contributed by atoms with Crippen molar-refractivity contribution in [3.8, 4) is 0 Å². The molecule has 1 heteroatoms. The number of hydrogen-bond acceptors (Lipinski definition) is 1. The van der Waals surface area contributed by atoms with Crippen LogP contribution in [-0.4, -0.2) is 11.2 Å². The molecule has 2 atom stereocenters. The molecule has 0 saturated heterocycles. The van der Waals surface area contributed by atoms with E-state index in [0.29, 0.717) is 5.92 Å². The Kier molecular flexibility index (Phi) is 7.04. The van der Waals surface area contributed by atoms with Crippen LogP contribution in [0.3, 0.4) is 0 Å². The van der Waals surface area contributed by atoms with Gasteiger partial charge in [0.2, 0.25) is 0 Å². The maximum absolute atomic E-state index is 10.6. The van der Waals surface area contributed by atoms with Crippen LogP contribution >= 0.6 is 0 Å². The van der Waals surface area contributed by atoms with Gasteiger partial charge in [-0.2, -0.15) is 0 Å². The first-order valence-electron chi connectivity index (χ1n) is 9.62. The van der Waals surface area contributed by atoms with E-state index in [1.54, 1.807) is 0 Å². The Balaban J connectivity index is 1.59. The minimum Gasteiger partial charge on any atom is -0.393 e. The van der Waals surface area contributed by atoms with Crippen LogP contribution in [0.15, 0.2) is 91.0 Å². The highest BCUT2D eigenvalue weighted by Gasteiger charge is 2.16. The van der Waals surface area contributed by atoms with E-state index in [9.17, 15) is 5.11 Å². The largest absolute Gasteiger partial charge is 0.393 e. The molecule has 0 aliphatic heterocycles. The Morgan fingerprint density at radius 1 is 0.577 bits per heavy atom. The molecule has 134 valence electrons. The Bertz CT molecular complexity index is 737. The molecule has 0 spiro atoms. The molecule has 0 aliphatic rings. The number of aryl methyl sites for hydroxylation is 2. The lowest BCUT2D eigenvalue weighted by atomic mass is 9.86. The van der Waals surface area contributed by atoms with E-state index in [4.69, 9.17) is 0 Å². The van der Waals surface area contributed by atoms with Gasteiger partial charge in [-0.05, 0) is 54.7 Å². The van der Waals surface area contributed by atoms with E-state index >= 15 is 0 Å². The fourth-order valence-corrected chi connectivity index (χ4v) is 3.56. The van der Waals surface area contributed by atoms with Crippen LogP contribution in [0.5, 0.6) is 0 Å². The first kappa shape index (κ1) is 18.4. The lowest BCUT2D eigenvalue weighted by Crippen LogP contribution is -2.14. The van der Waals surface area contributed by atoms with E-state index < -0.39 is 0 Å². The summed E-state index contributed by atoms with van der Waals surface area (Å²) in [6.45, 7) is 0. The van der Waals surface area contributed by atoms with Crippen molar-refractivity contribution < 1.29 is 5.11 Å². The van der Waals surface area contributed by atoms with Crippen LogP contribution in [0.2, 0.25) is 0 Å². The Morgan fingerprint density at radius 3 is 1.58 bits per heavy atom. The Morgan fingerprint density at radius 2 is 1.04 bits per heavy atom. The summed E-state index contributed by atoms with van der Waals surface area (Å²) < 4.78 is 0. The van der Waals surface area contributed by atoms with Gasteiger partial charge in [0.15, 0.2) is 0 Å². The van der Waals surface area contributed by atoms with Crippen molar-refractivity contribution in [1.29, 1.82) is 0 Å². The third-order valence-corrected chi connectivity index (χ3v) is 5.06. The van der Waals surface area contributed by atoms with Gasteiger partial charge < -0.3 is 5.11 Å². The van der Waals surface area contributed by atoms with Gasteiger partial charge in [-0.15, -0.1) is 0 Å². The van der Waals surface area contributed by atoms with Gasteiger partial charge in [-0.1, -0.05) is 91.0 Å². The number of benzene rings is 3. The van der Waals surface area contributed by atoms with Crippen molar-refractivity contribution in [1.82, 2.24) is 0 Å². The van der Waals surface area contributed by atoms with Crippen LogP contribution in [0.4, 0.5) is 0 Å². The summed E-state index contributed by atoms with van der Waals surface area (Å²) in [5.41, 5.74) is 4.00. The van der Waals surface area contributed by atoms with Gasteiger partial charge in [0.25, 0.3) is 0 Å². The molecule has 2 unspecified atom stereocenters. The lowest BCUT2D eigenvalue weighted by Gasteiger charge is -2.21. The second-order valence-electron chi connectivity index (χ2n) is 7.05. The van der Waals surface area contributed by atoms with E-state index in [2.05, 4.69) is 84.9 Å². The minimum absolute atomic E-state index is 0.267. The zero-order valence-corrected chi connectivity index (χ0v) is 15.3. The Labute approximate surface area is 157 Å². The third kappa shape index (κ3) is 5.86. The van der Waals surface area contributed by atoms with Gasteiger partial charge in [-0.3, -0.25) is 0 Å². The first-order valence-corrected chi connectivity index (χ1v) is 9.62. The summed E-state index contributed by atoms with van der Waals surface area (Å²) in [5.74, 6) is 0.391. The van der Waals surface area contributed by atoms with Crippen LogP contribution in [0.25, 0.3) is 0 Å². The van der Waals surface area contributed by atoms with Crippen molar-refractivity contribution in [2.45, 2.75) is 44.1 Å². The summed E-state index contributed by atoms with van der Waals surface area (Å²) in [6, 6.07) is 31.7. The number of hydrogen-bond donors (Lipinski definition) is 1. The van der Waals surface area contributed by atoms with Gasteiger partial charge in [-0.25, -0.2) is 0 Å². The summed E-state index contributed by atoms with van der Waals surface area (Å²) in [4.78, 5) is 0. The summed E-state index contributed by atoms with van der Waals surface area (Å²) in [6.07, 6.45) is 4.42. The molecular weight excluding hydrogens is 316 g/mol. The summed E-state index contributed by atoms with van der Waals surface area (Å²) >= 11 is 0. The molecule has 3 aromatic carbocycles. The molecule has 0 radical (unpaired) electrons. The molecule has 0 fully saturated rings. The smallest absolute Gasteiger partial charge is 0.0549 e. The van der Waals surface area contributed by atoms with Crippen molar-refractivity contribution in [2.75, 3.05) is 0 Å². The Hall–Kier alpha value is -2.38. The second kappa shape index (κ2) is 9.94. The van der Waals surface area contributed by atoms with E-state index in [-0.39, 0.29) is 6.10 Å². The second-order valence-corrected chi connectivity index (χ2v) is 7.05. The van der Waals surface area contributed by atoms with Crippen LogP contribution < -0.4 is 0 Å². The average Bonchev–Trinajstić information content (AvgIpc) is 2.72. The summed E-state index contributed by atoms with van der Waals surface area (Å²) in [7, 11) is 0. The maximum Gasteiger partial charge on any atom is 0.0549 e. The molecule has 0 bridgehead atoms. The van der Waals surface area contributed by atoms with Crippen molar-refractivity contribution in [2.24, 2.45) is 0 Å². The average molecular weight is 344 g/mol. The van der Waals surface area contributed by atoms with Gasteiger partial charge >= 0.3 is 0 Å². The number of aliphatic hydroxyl groups is 1. The number of aliphatic hydroxyl groups excluding tert-OH is 1. The topological polar surface area (TPSA) is 20.2 Å². The molecule has 3 rings (SSSR count). The van der Waals surface area contributed by atoms with Gasteiger partial charge in [0.05, 0.1) is 6.10 Å². The zero-order valence-electron chi connectivity index (χ0n) is 15.3. The highest BCUT2D eigenvalue weighted by Crippen LogP contribution is 2.28. The highest BCUT2D eigenvalue weighted by molar-refractivity contribution is 5.21. The zero-order chi connectivity index (χ0) is 18.0. The fourth-order valence-electron chi connectivity index (χ4n) is 3.56. The molecule has 0 aromatic heterocycles. The van der Waals surface area contributed by atoms with E-state index in [1.807, 2.05) is 6.07 Å². The van der Waals surface area contributed by atoms with Crippen molar-refractivity contribution in [3.63, 3.8) is 0 Å². The molecular formula is C25H28O. The van der Waals surface area contributed by atoms with Crippen LogP contribution in [-0.2, 0) is 12.8 Å². The highest BCUT2D eigenvalue weighted by atomic mass is 16.3. The minimum atomic E-state index is -0.267. The first-order chi connectivity index (χ1) is 12.8. The SMILES string of the molecule is OC(CCc1ccccc1)CC(CCc1ccccc1)c1ccccc1. The molecule has 3 aromatic rings. The van der Waals surface area contributed by atoms with Crippen molar-refractivity contribution in [3.05, 3.63) is 108 Å². The quantitative estimate of drug-likeness (QED) is 0.521. The standard InChI is InChI=1S/C25H28O/c26-25(19-17-22-12-6-2-7-13-22)20-24(23-14-8-3-9-15-23)18-16-21-10-4-1-5-11-21/h1-15,24-26H,16-20H2. The summed E-state index contributed by atoms with van der Waals surface area (Å²) in [5, 5.41) is 10.6. The van der Waals surface area contributed by atoms with E-state index in [1.165, 1.54) is 16.7 Å². The van der Waals surface area contributed by atoms with Crippen LogP contribution in [0, 0.1) is 0 Å². The molecule has 1 N–H and O–H groups in total. The fraction of sp³-hybridized carbons (Fsp3) is 0.280. The van der Waals surface area contributed by atoms with E-state index in [0.717, 1.165) is 32.1 Å². The molecule has 26 heavy (non-hydrogen) atoms. The maximum atomic E-state index is 10.6. The predicted molar refractivity (Wildman–Crippen MR) is 109 cm³/mol. The van der Waals surface area contributed by atoms with Gasteiger partial charge in [0, 0.05) is 0 Å². The number of rotatable bonds is 9. The molecule has 0 heterocycles. The third-order valence-electron chi connectivity index (χ3n) is 5.06. The van der Waals surface area contributed by atoms with Crippen molar-refractivity contribution >= 4 is 0 Å². The van der Waals surface area contributed by atoms with Crippen LogP contribution in [0.1, 0.15) is 41.9 Å². The monoisotopic (exact) mass is 344 g/mol. The molecule has 0 amide bonds.